The van der Waals surface area contributed by atoms with Gasteiger partial charge in [0.05, 0.1) is 5.56 Å². The normalized spacial score (nSPS) is 9.38. The number of anilines is 1. The molecule has 16 heavy (non-hydrogen) atoms. The number of aromatic carboxylic acids is 1. The van der Waals surface area contributed by atoms with Gasteiger partial charge in [-0.15, -0.1) is 0 Å². The number of carbonyl (C=O) groups is 2. The predicted octanol–water partition coefficient (Wildman–Crippen LogP) is 1.68. The molecule has 0 spiro atoms. The highest BCUT2D eigenvalue weighted by Crippen LogP contribution is 2.07. The molecule has 1 aromatic heterocycles. The number of carboxylic acids is 1. The van der Waals surface area contributed by atoms with Gasteiger partial charge in [-0.3, -0.25) is 4.79 Å². The number of nitrogens with one attached hydrogen (secondary N) is 1. The molecule has 84 valence electrons. The largest absolute Gasteiger partial charge is 0.478 e. The summed E-state index contributed by atoms with van der Waals surface area (Å²) in [7, 11) is 0. The van der Waals surface area contributed by atoms with Crippen molar-refractivity contribution in [2.45, 2.75) is 13.8 Å². The SMILES string of the molecule is CC(C)=CC(=O)Nc1cc(C(=O)O)ccn1. The minimum absolute atomic E-state index is 0.0856. The zero-order chi connectivity index (χ0) is 12.1. The summed E-state index contributed by atoms with van der Waals surface area (Å²) in [5, 5.41) is 11.2. The standard InChI is InChI=1S/C11H12N2O3/c1-7(2)5-10(14)13-9-6-8(11(15)16)3-4-12-9/h3-6H,1-2H3,(H,15,16)(H,12,13,14). The Kier molecular flexibility index (Phi) is 3.77. The Morgan fingerprint density at radius 1 is 1.44 bits per heavy atom. The predicted molar refractivity (Wildman–Crippen MR) is 59.3 cm³/mol. The van der Waals surface area contributed by atoms with Crippen LogP contribution in [0.3, 0.4) is 0 Å². The first-order chi connectivity index (χ1) is 7.49. The number of hydrogen-bond donors (Lipinski definition) is 2. The third-order valence-electron chi connectivity index (χ3n) is 1.68. The fourth-order valence-electron chi connectivity index (χ4n) is 1.06. The van der Waals surface area contributed by atoms with E-state index in [1.165, 1.54) is 24.4 Å². The maximum absolute atomic E-state index is 11.3. The minimum Gasteiger partial charge on any atom is -0.478 e. The van der Waals surface area contributed by atoms with E-state index in [-0.39, 0.29) is 17.3 Å². The number of amides is 1. The Labute approximate surface area is 92.8 Å². The summed E-state index contributed by atoms with van der Waals surface area (Å²) < 4.78 is 0. The number of carboxylic acid groups (broad SMARTS) is 1. The Morgan fingerprint density at radius 2 is 2.12 bits per heavy atom. The molecular formula is C11H12N2O3. The van der Waals surface area contributed by atoms with Gasteiger partial charge in [0, 0.05) is 12.3 Å². The Bertz CT molecular complexity index is 448. The van der Waals surface area contributed by atoms with Crippen molar-refractivity contribution in [1.29, 1.82) is 0 Å². The average molecular weight is 220 g/mol. The van der Waals surface area contributed by atoms with Crippen LogP contribution in [0.15, 0.2) is 30.0 Å². The molecule has 5 nitrogen and oxygen atoms in total. The Hall–Kier alpha value is -2.17. The van der Waals surface area contributed by atoms with Gasteiger partial charge in [-0.25, -0.2) is 9.78 Å². The van der Waals surface area contributed by atoms with Crippen LogP contribution in [-0.2, 0) is 4.79 Å². The summed E-state index contributed by atoms with van der Waals surface area (Å²) >= 11 is 0. The Morgan fingerprint density at radius 3 is 2.69 bits per heavy atom. The van der Waals surface area contributed by atoms with E-state index in [0.29, 0.717) is 0 Å². The van der Waals surface area contributed by atoms with Crippen molar-refractivity contribution in [1.82, 2.24) is 4.98 Å². The van der Waals surface area contributed by atoms with Crippen molar-refractivity contribution in [3.05, 3.63) is 35.5 Å². The van der Waals surface area contributed by atoms with Gasteiger partial charge < -0.3 is 10.4 Å². The van der Waals surface area contributed by atoms with Crippen molar-refractivity contribution in [3.63, 3.8) is 0 Å². The van der Waals surface area contributed by atoms with Crippen molar-refractivity contribution in [2.75, 3.05) is 5.32 Å². The number of carbonyl (C=O) groups excluding carboxylic acids is 1. The van der Waals surface area contributed by atoms with Crippen LogP contribution < -0.4 is 5.32 Å². The second kappa shape index (κ2) is 5.06. The lowest BCUT2D eigenvalue weighted by Gasteiger charge is -2.02. The first-order valence-corrected chi connectivity index (χ1v) is 4.64. The first kappa shape index (κ1) is 11.9. The molecular weight excluding hydrogens is 208 g/mol. The van der Waals surface area contributed by atoms with Crippen molar-refractivity contribution in [2.24, 2.45) is 0 Å². The molecule has 0 saturated heterocycles. The molecule has 0 bridgehead atoms. The van der Waals surface area contributed by atoms with E-state index in [0.717, 1.165) is 5.57 Å². The second-order valence-corrected chi connectivity index (χ2v) is 3.45. The third kappa shape index (κ3) is 3.53. The fourth-order valence-corrected chi connectivity index (χ4v) is 1.06. The topological polar surface area (TPSA) is 79.3 Å². The quantitative estimate of drug-likeness (QED) is 0.759. The molecule has 1 heterocycles. The van der Waals surface area contributed by atoms with Crippen LogP contribution in [0.1, 0.15) is 24.2 Å². The lowest BCUT2D eigenvalue weighted by molar-refractivity contribution is -0.112. The third-order valence-corrected chi connectivity index (χ3v) is 1.68. The number of hydrogen-bond acceptors (Lipinski definition) is 3. The molecule has 0 saturated carbocycles. The average Bonchev–Trinajstić information content (AvgIpc) is 2.16. The highest BCUT2D eigenvalue weighted by molar-refractivity contribution is 5.99. The molecule has 5 heteroatoms. The molecule has 0 aliphatic heterocycles. The van der Waals surface area contributed by atoms with Gasteiger partial charge in [-0.05, 0) is 26.0 Å². The van der Waals surface area contributed by atoms with Crippen LogP contribution >= 0.6 is 0 Å². The van der Waals surface area contributed by atoms with Gasteiger partial charge in [0.15, 0.2) is 0 Å². The first-order valence-electron chi connectivity index (χ1n) is 4.64. The molecule has 1 amide bonds. The summed E-state index contributed by atoms with van der Waals surface area (Å²) in [6, 6.07) is 2.66. The van der Waals surface area contributed by atoms with E-state index < -0.39 is 5.97 Å². The molecule has 0 aliphatic rings. The van der Waals surface area contributed by atoms with Crippen LogP contribution in [0.2, 0.25) is 0 Å². The highest BCUT2D eigenvalue weighted by atomic mass is 16.4. The van der Waals surface area contributed by atoms with Crippen molar-refractivity contribution < 1.29 is 14.7 Å². The van der Waals surface area contributed by atoms with E-state index in [9.17, 15) is 9.59 Å². The van der Waals surface area contributed by atoms with Gasteiger partial charge in [-0.1, -0.05) is 5.57 Å². The molecule has 0 unspecified atom stereocenters. The molecule has 0 aromatic carbocycles. The van der Waals surface area contributed by atoms with Gasteiger partial charge >= 0.3 is 5.97 Å². The second-order valence-electron chi connectivity index (χ2n) is 3.45. The Balaban J connectivity index is 2.82. The number of allylic oxidation sites excluding steroid dienone is 1. The number of nitrogens with zero attached hydrogens (tertiary/aromatic N) is 1. The fraction of sp³-hybridized carbons (Fsp3) is 0.182. The van der Waals surface area contributed by atoms with Gasteiger partial charge in [0.1, 0.15) is 5.82 Å². The van der Waals surface area contributed by atoms with E-state index in [1.807, 2.05) is 0 Å². The molecule has 2 N–H and O–H groups in total. The van der Waals surface area contributed by atoms with E-state index in [4.69, 9.17) is 5.11 Å². The summed E-state index contributed by atoms with van der Waals surface area (Å²) in [6.45, 7) is 3.58. The van der Waals surface area contributed by atoms with E-state index in [1.54, 1.807) is 13.8 Å². The van der Waals surface area contributed by atoms with Crippen LogP contribution in [0, 0.1) is 0 Å². The number of rotatable bonds is 3. The minimum atomic E-state index is -1.06. The molecule has 1 rings (SSSR count). The monoisotopic (exact) mass is 220 g/mol. The van der Waals surface area contributed by atoms with Gasteiger partial charge in [-0.2, -0.15) is 0 Å². The zero-order valence-electron chi connectivity index (χ0n) is 9.02. The number of pyridine rings is 1. The van der Waals surface area contributed by atoms with Gasteiger partial charge in [0.25, 0.3) is 0 Å². The van der Waals surface area contributed by atoms with Crippen LogP contribution in [0.4, 0.5) is 5.82 Å². The summed E-state index contributed by atoms with van der Waals surface area (Å²) in [4.78, 5) is 25.8. The zero-order valence-corrected chi connectivity index (χ0v) is 9.02. The summed E-state index contributed by atoms with van der Waals surface area (Å²) in [5.74, 6) is -1.16. The molecule has 0 radical (unpaired) electrons. The lowest BCUT2D eigenvalue weighted by atomic mass is 10.2. The van der Waals surface area contributed by atoms with Crippen molar-refractivity contribution >= 4 is 17.7 Å². The summed E-state index contributed by atoms with van der Waals surface area (Å²) in [6.07, 6.45) is 2.75. The van der Waals surface area contributed by atoms with Crippen molar-refractivity contribution in [3.8, 4) is 0 Å². The maximum Gasteiger partial charge on any atom is 0.335 e. The lowest BCUT2D eigenvalue weighted by Crippen LogP contribution is -2.10. The van der Waals surface area contributed by atoms with Crippen LogP contribution in [0.25, 0.3) is 0 Å². The van der Waals surface area contributed by atoms with Gasteiger partial charge in [0.2, 0.25) is 5.91 Å². The number of aromatic nitrogens is 1. The summed E-state index contributed by atoms with van der Waals surface area (Å²) in [5.41, 5.74) is 0.939. The smallest absolute Gasteiger partial charge is 0.335 e. The molecule has 1 aromatic rings. The molecule has 0 fully saturated rings. The van der Waals surface area contributed by atoms with Crippen LogP contribution in [0.5, 0.6) is 0 Å². The van der Waals surface area contributed by atoms with Crippen LogP contribution in [-0.4, -0.2) is 22.0 Å². The van der Waals surface area contributed by atoms with E-state index in [2.05, 4.69) is 10.3 Å². The van der Waals surface area contributed by atoms with E-state index >= 15 is 0 Å². The molecule has 0 aliphatic carbocycles. The molecule has 0 atom stereocenters. The maximum atomic E-state index is 11.3. The highest BCUT2D eigenvalue weighted by Gasteiger charge is 2.05.